The van der Waals surface area contributed by atoms with E-state index in [1.54, 1.807) is 7.11 Å². The SMILES string of the molecule is C=C1NC2=C(C(=O)CC(c3ccc(OC)cc3)C2)C(c2ccc3c(c2)OCO3)C1C#N. The first-order chi connectivity index (χ1) is 15.1. The Morgan fingerprint density at radius 3 is 2.58 bits per heavy atom. The largest absolute Gasteiger partial charge is 0.497 e. The maximum atomic E-state index is 13.4. The molecule has 1 N–H and O–H groups in total. The fourth-order valence-corrected chi connectivity index (χ4v) is 4.78. The van der Waals surface area contributed by atoms with Gasteiger partial charge in [0.05, 0.1) is 19.1 Å². The Morgan fingerprint density at radius 2 is 1.84 bits per heavy atom. The first kappa shape index (κ1) is 19.3. The third kappa shape index (κ3) is 3.23. The number of allylic oxidation sites excluding steroid dienone is 3. The smallest absolute Gasteiger partial charge is 0.231 e. The first-order valence-corrected chi connectivity index (χ1v) is 10.2. The number of ether oxygens (including phenoxy) is 3. The molecule has 156 valence electrons. The number of nitrogens with zero attached hydrogens (tertiary/aromatic N) is 1. The summed E-state index contributed by atoms with van der Waals surface area (Å²) in [7, 11) is 1.63. The molecule has 2 aromatic rings. The Bertz CT molecular complexity index is 1140. The van der Waals surface area contributed by atoms with Gasteiger partial charge in [-0.05, 0) is 47.7 Å². The molecule has 5 rings (SSSR count). The van der Waals surface area contributed by atoms with Gasteiger partial charge < -0.3 is 19.5 Å². The van der Waals surface area contributed by atoms with Crippen molar-refractivity contribution in [3.05, 3.63) is 77.1 Å². The van der Waals surface area contributed by atoms with Crippen molar-refractivity contribution in [1.82, 2.24) is 5.32 Å². The highest BCUT2D eigenvalue weighted by Crippen LogP contribution is 2.48. The summed E-state index contributed by atoms with van der Waals surface area (Å²) in [5, 5.41) is 13.2. The number of hydrogen-bond donors (Lipinski definition) is 1. The van der Waals surface area contributed by atoms with Crippen molar-refractivity contribution in [1.29, 1.82) is 5.26 Å². The number of rotatable bonds is 3. The molecule has 3 aliphatic rings. The Balaban J connectivity index is 1.54. The van der Waals surface area contributed by atoms with Crippen molar-refractivity contribution in [3.63, 3.8) is 0 Å². The molecule has 1 aliphatic carbocycles. The van der Waals surface area contributed by atoms with E-state index in [0.29, 0.717) is 35.6 Å². The molecule has 0 aromatic heterocycles. The quantitative estimate of drug-likeness (QED) is 0.812. The zero-order valence-electron chi connectivity index (χ0n) is 17.2. The van der Waals surface area contributed by atoms with Gasteiger partial charge in [0.15, 0.2) is 17.3 Å². The number of methoxy groups -OCH3 is 1. The lowest BCUT2D eigenvalue weighted by molar-refractivity contribution is -0.116. The van der Waals surface area contributed by atoms with E-state index in [-0.39, 0.29) is 24.4 Å². The summed E-state index contributed by atoms with van der Waals surface area (Å²) >= 11 is 0. The monoisotopic (exact) mass is 414 g/mol. The number of Topliss-reactive ketones (excluding diaryl/α,β-unsaturated/α-hetero) is 1. The molecule has 3 unspecified atom stereocenters. The van der Waals surface area contributed by atoms with Crippen LogP contribution in [0.2, 0.25) is 0 Å². The number of hydrogen-bond acceptors (Lipinski definition) is 6. The van der Waals surface area contributed by atoms with Gasteiger partial charge in [0, 0.05) is 29.3 Å². The second-order valence-electron chi connectivity index (χ2n) is 8.04. The highest BCUT2D eigenvalue weighted by molar-refractivity contribution is 5.99. The molecule has 2 heterocycles. The number of benzene rings is 2. The predicted molar refractivity (Wildman–Crippen MR) is 114 cm³/mol. The minimum Gasteiger partial charge on any atom is -0.497 e. The lowest BCUT2D eigenvalue weighted by Crippen LogP contribution is -2.38. The molecule has 0 spiro atoms. The van der Waals surface area contributed by atoms with Gasteiger partial charge in [-0.1, -0.05) is 24.8 Å². The highest BCUT2D eigenvalue weighted by Gasteiger charge is 2.42. The Kier molecular flexibility index (Phi) is 4.67. The van der Waals surface area contributed by atoms with Crippen LogP contribution in [0.1, 0.15) is 35.8 Å². The van der Waals surface area contributed by atoms with Crippen LogP contribution in [0.15, 0.2) is 66.0 Å². The molecule has 6 nitrogen and oxygen atoms in total. The number of carbonyl (C=O) groups is 1. The molecule has 3 atom stereocenters. The minimum absolute atomic E-state index is 0.0602. The van der Waals surface area contributed by atoms with Crippen LogP contribution in [-0.2, 0) is 4.79 Å². The summed E-state index contributed by atoms with van der Waals surface area (Å²) in [6.45, 7) is 4.28. The fraction of sp³-hybridized carbons (Fsp3) is 0.280. The molecule has 2 aliphatic heterocycles. The van der Waals surface area contributed by atoms with Crippen LogP contribution in [0.3, 0.4) is 0 Å². The van der Waals surface area contributed by atoms with E-state index >= 15 is 0 Å². The molecule has 0 amide bonds. The van der Waals surface area contributed by atoms with E-state index in [0.717, 1.165) is 22.6 Å². The van der Waals surface area contributed by atoms with Gasteiger partial charge in [-0.25, -0.2) is 0 Å². The molecule has 2 aromatic carbocycles. The zero-order valence-corrected chi connectivity index (χ0v) is 17.2. The van der Waals surface area contributed by atoms with Gasteiger partial charge >= 0.3 is 0 Å². The number of nitriles is 1. The van der Waals surface area contributed by atoms with Gasteiger partial charge in [-0.2, -0.15) is 5.26 Å². The van der Waals surface area contributed by atoms with Crippen LogP contribution in [0.5, 0.6) is 17.2 Å². The van der Waals surface area contributed by atoms with Gasteiger partial charge in [-0.3, -0.25) is 4.79 Å². The van der Waals surface area contributed by atoms with Crippen molar-refractivity contribution < 1.29 is 19.0 Å². The number of ketones is 1. The second kappa shape index (κ2) is 7.51. The molecule has 0 radical (unpaired) electrons. The lowest BCUT2D eigenvalue weighted by atomic mass is 9.69. The van der Waals surface area contributed by atoms with Gasteiger partial charge in [0.1, 0.15) is 5.75 Å². The van der Waals surface area contributed by atoms with E-state index < -0.39 is 5.92 Å². The highest BCUT2D eigenvalue weighted by atomic mass is 16.7. The van der Waals surface area contributed by atoms with Crippen LogP contribution < -0.4 is 19.5 Å². The topological polar surface area (TPSA) is 80.6 Å². The summed E-state index contributed by atoms with van der Waals surface area (Å²) < 4.78 is 16.2. The molecule has 6 heteroatoms. The number of carbonyl (C=O) groups excluding carboxylic acids is 1. The van der Waals surface area contributed by atoms with E-state index in [1.165, 1.54) is 0 Å². The summed E-state index contributed by atoms with van der Waals surface area (Å²) in [6.07, 6.45) is 1.09. The Labute approximate surface area is 180 Å². The third-order valence-corrected chi connectivity index (χ3v) is 6.32. The van der Waals surface area contributed by atoms with Crippen molar-refractivity contribution in [2.45, 2.75) is 24.7 Å². The van der Waals surface area contributed by atoms with Crippen LogP contribution in [0.25, 0.3) is 0 Å². The van der Waals surface area contributed by atoms with E-state index in [2.05, 4.69) is 18.0 Å². The van der Waals surface area contributed by atoms with Crippen LogP contribution in [0.4, 0.5) is 0 Å². The molecule has 0 saturated carbocycles. The number of fused-ring (bicyclic) bond motifs is 1. The molecule has 0 bridgehead atoms. The summed E-state index contributed by atoms with van der Waals surface area (Å²) in [5.41, 5.74) is 4.11. The van der Waals surface area contributed by atoms with Gasteiger partial charge in [0.25, 0.3) is 0 Å². The number of nitrogens with one attached hydrogen (secondary N) is 1. The van der Waals surface area contributed by atoms with Crippen molar-refractivity contribution in [2.24, 2.45) is 5.92 Å². The normalized spacial score (nSPS) is 24.3. The van der Waals surface area contributed by atoms with E-state index in [4.69, 9.17) is 14.2 Å². The fourth-order valence-electron chi connectivity index (χ4n) is 4.78. The average molecular weight is 414 g/mol. The van der Waals surface area contributed by atoms with Crippen molar-refractivity contribution >= 4 is 5.78 Å². The summed E-state index contributed by atoms with van der Waals surface area (Å²) in [5.74, 6) is 1.30. The molecule has 31 heavy (non-hydrogen) atoms. The van der Waals surface area contributed by atoms with E-state index in [1.807, 2.05) is 42.5 Å². The third-order valence-electron chi connectivity index (χ3n) is 6.32. The van der Waals surface area contributed by atoms with Gasteiger partial charge in [-0.15, -0.1) is 0 Å². The van der Waals surface area contributed by atoms with Crippen LogP contribution in [-0.4, -0.2) is 19.7 Å². The Hall–Kier alpha value is -3.72. The lowest BCUT2D eigenvalue weighted by Gasteiger charge is -2.38. The molecular formula is C25H22N2O4. The van der Waals surface area contributed by atoms with Crippen LogP contribution >= 0.6 is 0 Å². The zero-order chi connectivity index (χ0) is 21.5. The van der Waals surface area contributed by atoms with Crippen molar-refractivity contribution in [3.8, 4) is 23.3 Å². The minimum atomic E-state index is -0.541. The Morgan fingerprint density at radius 1 is 1.10 bits per heavy atom. The molecule has 0 fully saturated rings. The predicted octanol–water partition coefficient (Wildman–Crippen LogP) is 4.16. The van der Waals surface area contributed by atoms with Gasteiger partial charge in [0.2, 0.25) is 6.79 Å². The summed E-state index contributed by atoms with van der Waals surface area (Å²) in [6, 6.07) is 15.8. The standard InChI is InChI=1S/C25H22N2O4/c1-14-19(12-26)24(16-5-8-22-23(11-16)31-13-30-22)25-20(27-14)9-17(10-21(25)28)15-3-6-18(29-2)7-4-15/h3-8,11,17,19,24,27H,1,9-10,13H2,2H3. The average Bonchev–Trinajstić information content (AvgIpc) is 3.26. The maximum absolute atomic E-state index is 13.4. The summed E-state index contributed by atoms with van der Waals surface area (Å²) in [4.78, 5) is 13.4. The van der Waals surface area contributed by atoms with Crippen molar-refractivity contribution in [2.75, 3.05) is 13.9 Å². The first-order valence-electron chi connectivity index (χ1n) is 10.2. The molecular weight excluding hydrogens is 392 g/mol. The maximum Gasteiger partial charge on any atom is 0.231 e. The van der Waals surface area contributed by atoms with Crippen LogP contribution in [0, 0.1) is 17.2 Å². The second-order valence-corrected chi connectivity index (χ2v) is 8.04. The van der Waals surface area contributed by atoms with E-state index in [9.17, 15) is 10.1 Å². The molecule has 0 saturated heterocycles.